The van der Waals surface area contributed by atoms with Crippen LogP contribution in [0.15, 0.2) is 18.2 Å². The average molecular weight is 206 g/mol. The highest BCUT2D eigenvalue weighted by Crippen LogP contribution is 2.28. The summed E-state index contributed by atoms with van der Waals surface area (Å²) in [5.74, 6) is -0.0531. The van der Waals surface area contributed by atoms with E-state index in [9.17, 15) is 9.90 Å². The summed E-state index contributed by atoms with van der Waals surface area (Å²) in [5.41, 5.74) is 6.48. The molecule has 0 aromatic heterocycles. The van der Waals surface area contributed by atoms with Crippen LogP contribution >= 0.6 is 0 Å². The fraction of sp³-hybridized carbons (Fsp3) is 0.364. The van der Waals surface area contributed by atoms with Crippen molar-refractivity contribution in [3.63, 3.8) is 0 Å². The molecule has 0 unspecified atom stereocenters. The zero-order chi connectivity index (χ0) is 11.0. The Morgan fingerprint density at radius 2 is 2.20 bits per heavy atom. The number of hydrogen-bond acceptors (Lipinski definition) is 3. The molecule has 0 heterocycles. The molecule has 2 rings (SSSR count). The second kappa shape index (κ2) is 3.46. The molecule has 4 nitrogen and oxygen atoms in total. The first kappa shape index (κ1) is 9.83. The largest absolute Gasteiger partial charge is 0.508 e. The van der Waals surface area contributed by atoms with Gasteiger partial charge in [-0.3, -0.25) is 4.79 Å². The van der Waals surface area contributed by atoms with Gasteiger partial charge in [-0.15, -0.1) is 0 Å². The summed E-state index contributed by atoms with van der Waals surface area (Å²) in [6.45, 7) is 0. The number of hydrogen-bond donors (Lipinski definition) is 2. The summed E-state index contributed by atoms with van der Waals surface area (Å²) >= 11 is 0. The molecule has 0 aliphatic heterocycles. The van der Waals surface area contributed by atoms with Crippen LogP contribution in [0.25, 0.3) is 0 Å². The third-order valence-electron chi connectivity index (χ3n) is 2.68. The summed E-state index contributed by atoms with van der Waals surface area (Å²) in [6, 6.07) is 4.78. The number of nitrogen functional groups attached to an aromatic ring is 1. The van der Waals surface area contributed by atoms with E-state index in [1.165, 1.54) is 12.1 Å². The van der Waals surface area contributed by atoms with E-state index in [1.54, 1.807) is 18.0 Å². The van der Waals surface area contributed by atoms with Crippen LogP contribution in [0.1, 0.15) is 23.2 Å². The normalized spacial score (nSPS) is 15.0. The lowest BCUT2D eigenvalue weighted by molar-refractivity contribution is 0.0785. The van der Waals surface area contributed by atoms with Gasteiger partial charge in [0.1, 0.15) is 5.75 Å². The number of anilines is 1. The van der Waals surface area contributed by atoms with Crippen molar-refractivity contribution in [3.05, 3.63) is 23.8 Å². The fourth-order valence-electron chi connectivity index (χ4n) is 1.55. The Morgan fingerprint density at radius 1 is 1.53 bits per heavy atom. The van der Waals surface area contributed by atoms with E-state index < -0.39 is 0 Å². The number of phenols is 1. The number of aromatic hydroxyl groups is 1. The van der Waals surface area contributed by atoms with Crippen LogP contribution in [0, 0.1) is 0 Å². The van der Waals surface area contributed by atoms with Gasteiger partial charge in [0.2, 0.25) is 0 Å². The summed E-state index contributed by atoms with van der Waals surface area (Å²) in [5, 5.41) is 9.30. The maximum absolute atomic E-state index is 11.9. The van der Waals surface area contributed by atoms with Crippen LogP contribution in [0.4, 0.5) is 5.69 Å². The van der Waals surface area contributed by atoms with Crippen molar-refractivity contribution >= 4 is 11.6 Å². The first-order valence-electron chi connectivity index (χ1n) is 4.95. The second-order valence-electron chi connectivity index (χ2n) is 3.92. The lowest BCUT2D eigenvalue weighted by Crippen LogP contribution is -2.29. The Hall–Kier alpha value is -1.71. The molecule has 0 saturated heterocycles. The molecule has 0 atom stereocenters. The van der Waals surface area contributed by atoms with Gasteiger partial charge in [-0.05, 0) is 31.0 Å². The molecule has 1 saturated carbocycles. The Morgan fingerprint density at radius 3 is 2.80 bits per heavy atom. The van der Waals surface area contributed by atoms with Crippen LogP contribution in [-0.2, 0) is 0 Å². The minimum Gasteiger partial charge on any atom is -0.508 e. The minimum atomic E-state index is -0.120. The van der Waals surface area contributed by atoms with Gasteiger partial charge in [-0.25, -0.2) is 0 Å². The van der Waals surface area contributed by atoms with Crippen molar-refractivity contribution in [2.24, 2.45) is 0 Å². The van der Waals surface area contributed by atoms with E-state index in [0.29, 0.717) is 17.3 Å². The van der Waals surface area contributed by atoms with Gasteiger partial charge in [-0.2, -0.15) is 0 Å². The predicted molar refractivity (Wildman–Crippen MR) is 57.6 cm³/mol. The van der Waals surface area contributed by atoms with Gasteiger partial charge in [0, 0.05) is 18.8 Å². The molecule has 80 valence electrons. The molecule has 0 spiro atoms. The average Bonchev–Trinajstić information content (AvgIpc) is 3.03. The van der Waals surface area contributed by atoms with E-state index in [0.717, 1.165) is 12.8 Å². The monoisotopic (exact) mass is 206 g/mol. The quantitative estimate of drug-likeness (QED) is 0.564. The molecule has 3 N–H and O–H groups in total. The highest BCUT2D eigenvalue weighted by Gasteiger charge is 2.30. The summed E-state index contributed by atoms with van der Waals surface area (Å²) < 4.78 is 0. The van der Waals surface area contributed by atoms with Gasteiger partial charge < -0.3 is 15.7 Å². The van der Waals surface area contributed by atoms with E-state index in [-0.39, 0.29) is 11.7 Å². The number of nitrogens with zero attached hydrogens (tertiary/aromatic N) is 1. The standard InChI is InChI=1S/C11H14N2O2/c1-13(7-2-3-7)11(15)9-6-8(14)4-5-10(9)12/h4-7,14H,2-3,12H2,1H3. The van der Waals surface area contributed by atoms with Crippen LogP contribution in [0.2, 0.25) is 0 Å². The molecule has 4 heteroatoms. The Kier molecular flexibility index (Phi) is 2.26. The number of nitrogens with two attached hydrogens (primary N) is 1. The molecule has 1 fully saturated rings. The van der Waals surface area contributed by atoms with Crippen molar-refractivity contribution < 1.29 is 9.90 Å². The maximum Gasteiger partial charge on any atom is 0.256 e. The fourth-order valence-corrected chi connectivity index (χ4v) is 1.55. The van der Waals surface area contributed by atoms with Crippen LogP contribution < -0.4 is 5.73 Å². The number of benzene rings is 1. The van der Waals surface area contributed by atoms with Gasteiger partial charge in [0.05, 0.1) is 5.56 Å². The lowest BCUT2D eigenvalue weighted by atomic mass is 10.1. The SMILES string of the molecule is CN(C(=O)c1cc(O)ccc1N)C1CC1. The molecule has 1 aromatic carbocycles. The predicted octanol–water partition coefficient (Wildman–Crippen LogP) is 1.21. The Labute approximate surface area is 88.3 Å². The lowest BCUT2D eigenvalue weighted by Gasteiger charge is -2.17. The maximum atomic E-state index is 11.9. The van der Waals surface area contributed by atoms with Crippen molar-refractivity contribution in [2.45, 2.75) is 18.9 Å². The molecule has 1 aliphatic carbocycles. The summed E-state index contributed by atoms with van der Waals surface area (Å²) in [7, 11) is 1.77. The third-order valence-corrected chi connectivity index (χ3v) is 2.68. The van der Waals surface area contributed by atoms with Gasteiger partial charge in [0.25, 0.3) is 5.91 Å². The molecule has 15 heavy (non-hydrogen) atoms. The molecule has 0 radical (unpaired) electrons. The Balaban J connectivity index is 2.27. The Bertz CT molecular complexity index is 400. The second-order valence-corrected chi connectivity index (χ2v) is 3.92. The highest BCUT2D eigenvalue weighted by atomic mass is 16.3. The van der Waals surface area contributed by atoms with Crippen LogP contribution in [-0.4, -0.2) is 29.0 Å². The molecule has 1 aromatic rings. The number of phenolic OH excluding ortho intramolecular Hbond substituents is 1. The molecule has 1 aliphatic rings. The zero-order valence-electron chi connectivity index (χ0n) is 8.60. The molecule has 1 amide bonds. The molecular weight excluding hydrogens is 192 g/mol. The van der Waals surface area contributed by atoms with Crippen molar-refractivity contribution in [1.29, 1.82) is 0 Å². The van der Waals surface area contributed by atoms with E-state index in [2.05, 4.69) is 0 Å². The molecule has 0 bridgehead atoms. The van der Waals surface area contributed by atoms with Crippen molar-refractivity contribution in [3.8, 4) is 5.75 Å². The van der Waals surface area contributed by atoms with Crippen LogP contribution in [0.5, 0.6) is 5.75 Å². The summed E-state index contributed by atoms with van der Waals surface area (Å²) in [4.78, 5) is 13.6. The number of amides is 1. The first-order valence-corrected chi connectivity index (χ1v) is 4.95. The van der Waals surface area contributed by atoms with E-state index in [1.807, 2.05) is 0 Å². The first-order chi connectivity index (χ1) is 7.09. The van der Waals surface area contributed by atoms with Crippen molar-refractivity contribution in [1.82, 2.24) is 4.90 Å². The number of carbonyl (C=O) groups is 1. The number of carbonyl (C=O) groups excluding carboxylic acids is 1. The molecular formula is C11H14N2O2. The van der Waals surface area contributed by atoms with E-state index >= 15 is 0 Å². The zero-order valence-corrected chi connectivity index (χ0v) is 8.60. The highest BCUT2D eigenvalue weighted by molar-refractivity contribution is 5.99. The van der Waals surface area contributed by atoms with Gasteiger partial charge in [0.15, 0.2) is 0 Å². The minimum absolute atomic E-state index is 0.0664. The smallest absolute Gasteiger partial charge is 0.256 e. The van der Waals surface area contributed by atoms with Gasteiger partial charge in [-0.1, -0.05) is 0 Å². The topological polar surface area (TPSA) is 66.6 Å². The third kappa shape index (κ3) is 1.88. The van der Waals surface area contributed by atoms with E-state index in [4.69, 9.17) is 5.73 Å². The number of rotatable bonds is 2. The summed E-state index contributed by atoms with van der Waals surface area (Å²) in [6.07, 6.45) is 2.11. The van der Waals surface area contributed by atoms with Crippen LogP contribution in [0.3, 0.4) is 0 Å². The van der Waals surface area contributed by atoms with Crippen molar-refractivity contribution in [2.75, 3.05) is 12.8 Å². The van der Waals surface area contributed by atoms with Gasteiger partial charge >= 0.3 is 0 Å².